The minimum atomic E-state index is -0.680. The van der Waals surface area contributed by atoms with Crippen LogP contribution in [0.3, 0.4) is 0 Å². The molecule has 33 heavy (non-hydrogen) atoms. The molecule has 184 valence electrons. The number of benzene rings is 2. The van der Waals surface area contributed by atoms with Crippen molar-refractivity contribution in [2.24, 2.45) is 5.92 Å². The highest BCUT2D eigenvalue weighted by Gasteiger charge is 2.30. The summed E-state index contributed by atoms with van der Waals surface area (Å²) in [5.74, 6) is -1.36. The first-order valence-corrected chi connectivity index (χ1v) is 11.8. The normalized spacial score (nSPS) is 16.0. The van der Waals surface area contributed by atoms with Crippen LogP contribution in [-0.4, -0.2) is 23.3 Å². The molecule has 7 heteroatoms. The van der Waals surface area contributed by atoms with E-state index in [1.165, 1.54) is 31.5 Å². The van der Waals surface area contributed by atoms with Crippen LogP contribution in [0.1, 0.15) is 77.1 Å². The lowest BCUT2D eigenvalue weighted by Gasteiger charge is -2.38. The van der Waals surface area contributed by atoms with Crippen molar-refractivity contribution < 1.29 is 18.0 Å². The minimum Gasteiger partial charge on any atom is -0.309 e. The second-order valence-electron chi connectivity index (χ2n) is 7.46. The molecule has 1 aliphatic carbocycles. The van der Waals surface area contributed by atoms with Crippen molar-refractivity contribution in [2.45, 2.75) is 66.8 Å². The van der Waals surface area contributed by atoms with Crippen LogP contribution < -0.4 is 5.43 Å². The summed E-state index contributed by atoms with van der Waals surface area (Å²) in [6, 6.07) is 7.93. The van der Waals surface area contributed by atoms with Gasteiger partial charge in [-0.2, -0.15) is 0 Å². The van der Waals surface area contributed by atoms with Crippen molar-refractivity contribution >= 4 is 23.5 Å². The first-order chi connectivity index (χ1) is 15.7. The molecule has 2 aromatic rings. The van der Waals surface area contributed by atoms with Crippen LogP contribution in [0.25, 0.3) is 0 Å². The van der Waals surface area contributed by atoms with Gasteiger partial charge in [-0.1, -0.05) is 59.3 Å². The quantitative estimate of drug-likeness (QED) is 0.285. The summed E-state index contributed by atoms with van der Waals surface area (Å²) in [7, 11) is 1.81. The summed E-state index contributed by atoms with van der Waals surface area (Å²) >= 11 is 5.29. The summed E-state index contributed by atoms with van der Waals surface area (Å²) in [4.78, 5) is 9.02. The number of rotatable bonds is 3. The molecule has 0 saturated carbocycles. The molecule has 0 aromatic heterocycles. The van der Waals surface area contributed by atoms with Gasteiger partial charge in [-0.25, -0.2) is 18.2 Å². The summed E-state index contributed by atoms with van der Waals surface area (Å²) in [6.45, 7) is 11.8. The van der Waals surface area contributed by atoms with Crippen molar-refractivity contribution in [3.8, 4) is 0 Å². The molecular formula is C26H37F3N2OS. The lowest BCUT2D eigenvalue weighted by molar-refractivity contribution is -0.106. The Morgan fingerprint density at radius 1 is 1.09 bits per heavy atom. The maximum absolute atomic E-state index is 13.7. The highest BCUT2D eigenvalue weighted by molar-refractivity contribution is 7.80. The molecule has 0 amide bonds. The predicted octanol–water partition coefficient (Wildman–Crippen LogP) is 7.19. The van der Waals surface area contributed by atoms with E-state index in [9.17, 15) is 13.2 Å². The van der Waals surface area contributed by atoms with E-state index in [0.717, 1.165) is 36.3 Å². The maximum atomic E-state index is 13.7. The molecule has 0 spiro atoms. The molecule has 0 radical (unpaired) electrons. The van der Waals surface area contributed by atoms with Gasteiger partial charge in [0, 0.05) is 18.7 Å². The smallest absolute Gasteiger partial charge is 0.126 e. The lowest BCUT2D eigenvalue weighted by atomic mass is 9.80. The fraction of sp³-hybridized carbons (Fsp3) is 0.462. The fourth-order valence-electron chi connectivity index (χ4n) is 3.49. The second kappa shape index (κ2) is 16.4. The maximum Gasteiger partial charge on any atom is 0.126 e. The zero-order valence-electron chi connectivity index (χ0n) is 20.7. The average Bonchev–Trinajstić information content (AvgIpc) is 2.75. The molecule has 3 nitrogen and oxygen atoms in total. The lowest BCUT2D eigenvalue weighted by Crippen LogP contribution is -2.44. The SMILES string of the molecule is CC.CC=O.CCC.C[C@H]1CCc2ccc(F)cc2C1N(C)NC(=S)c1cc(F)cc(F)c1. The average molecular weight is 483 g/mol. The molecule has 2 aromatic carbocycles. The number of aldehydes is 1. The number of halogens is 3. The van der Waals surface area contributed by atoms with E-state index in [1.54, 1.807) is 11.1 Å². The minimum absolute atomic E-state index is 0.0872. The van der Waals surface area contributed by atoms with Crippen LogP contribution in [0, 0.1) is 23.4 Å². The van der Waals surface area contributed by atoms with Crippen molar-refractivity contribution in [1.29, 1.82) is 0 Å². The van der Waals surface area contributed by atoms with E-state index in [-0.39, 0.29) is 28.3 Å². The third-order valence-corrected chi connectivity index (χ3v) is 4.98. The number of thiocarbonyl (C=S) groups is 1. The molecule has 1 N–H and O–H groups in total. The van der Waals surface area contributed by atoms with Gasteiger partial charge in [0.2, 0.25) is 0 Å². The number of fused-ring (bicyclic) bond motifs is 1. The number of nitrogens with zero attached hydrogens (tertiary/aromatic N) is 1. The monoisotopic (exact) mass is 482 g/mol. The molecule has 0 bridgehead atoms. The van der Waals surface area contributed by atoms with Gasteiger partial charge < -0.3 is 10.2 Å². The first-order valence-electron chi connectivity index (χ1n) is 11.4. The first kappa shape index (κ1) is 30.8. The number of carbonyl (C=O) groups is 1. The fourth-order valence-corrected chi connectivity index (χ4v) is 3.75. The van der Waals surface area contributed by atoms with Gasteiger partial charge in [-0.15, -0.1) is 0 Å². The van der Waals surface area contributed by atoms with Gasteiger partial charge >= 0.3 is 0 Å². The van der Waals surface area contributed by atoms with Crippen LogP contribution in [0.2, 0.25) is 0 Å². The highest BCUT2D eigenvalue weighted by Crippen LogP contribution is 2.37. The molecule has 0 heterocycles. The molecule has 1 aliphatic rings. The Balaban J connectivity index is 0.00000113. The molecule has 0 aliphatic heterocycles. The Bertz CT molecular complexity index is 856. The third-order valence-electron chi connectivity index (χ3n) is 4.65. The topological polar surface area (TPSA) is 32.3 Å². The largest absolute Gasteiger partial charge is 0.309 e. The van der Waals surface area contributed by atoms with Crippen molar-refractivity contribution in [3.05, 3.63) is 70.5 Å². The third kappa shape index (κ3) is 10.0. The van der Waals surface area contributed by atoms with E-state index >= 15 is 0 Å². The van der Waals surface area contributed by atoms with Crippen molar-refractivity contribution in [1.82, 2.24) is 10.4 Å². The molecule has 2 atom stereocenters. The molecule has 0 saturated heterocycles. The van der Waals surface area contributed by atoms with Gasteiger partial charge in [0.1, 0.15) is 28.7 Å². The molecule has 1 unspecified atom stereocenters. The number of hydrazine groups is 1. The van der Waals surface area contributed by atoms with Gasteiger partial charge in [0.05, 0.1) is 6.04 Å². The Hall–Kier alpha value is -2.25. The van der Waals surface area contributed by atoms with E-state index in [0.29, 0.717) is 0 Å². The molecule has 3 rings (SSSR count). The number of aryl methyl sites for hydroxylation is 1. The predicted molar refractivity (Wildman–Crippen MR) is 135 cm³/mol. The Morgan fingerprint density at radius 2 is 1.61 bits per heavy atom. The highest BCUT2D eigenvalue weighted by atomic mass is 32.1. The summed E-state index contributed by atoms with van der Waals surface area (Å²) in [5.41, 5.74) is 5.32. The van der Waals surface area contributed by atoms with Crippen LogP contribution in [0.4, 0.5) is 13.2 Å². The zero-order chi connectivity index (χ0) is 25.6. The van der Waals surface area contributed by atoms with E-state index in [1.807, 2.05) is 27.0 Å². The van der Waals surface area contributed by atoms with Crippen molar-refractivity contribution in [3.63, 3.8) is 0 Å². The number of hydrogen-bond acceptors (Lipinski definition) is 3. The van der Waals surface area contributed by atoms with Crippen LogP contribution >= 0.6 is 12.2 Å². The van der Waals surface area contributed by atoms with Crippen LogP contribution in [0.5, 0.6) is 0 Å². The van der Waals surface area contributed by atoms with Crippen LogP contribution in [0.15, 0.2) is 36.4 Å². The van der Waals surface area contributed by atoms with E-state index < -0.39 is 11.6 Å². The summed E-state index contributed by atoms with van der Waals surface area (Å²) in [6.07, 6.45) is 3.87. The molecule has 0 fully saturated rings. The summed E-state index contributed by atoms with van der Waals surface area (Å²) in [5, 5.41) is 1.80. The Kier molecular flexibility index (Phi) is 15.3. The van der Waals surface area contributed by atoms with Gasteiger partial charge in [0.25, 0.3) is 0 Å². The Labute approximate surface area is 202 Å². The second-order valence-corrected chi connectivity index (χ2v) is 7.86. The van der Waals surface area contributed by atoms with Crippen molar-refractivity contribution in [2.75, 3.05) is 7.05 Å². The van der Waals surface area contributed by atoms with Gasteiger partial charge in [-0.05, 0) is 61.1 Å². The summed E-state index contributed by atoms with van der Waals surface area (Å²) < 4.78 is 40.5. The number of nitrogens with one attached hydrogen (secondary N) is 1. The standard InChI is InChI=1S/C19H19F3N2S.C3H8.C2H4O.C2H6/c1-11-3-4-12-5-6-14(20)10-17(12)18(11)24(2)23-19(25)13-7-15(21)9-16(22)8-13;1-3-2;1-2-3;1-2/h5-11,18H,3-4H2,1-2H3,(H,23,25);3H2,1-2H3;2H,1H3;1-2H3/t11-,18?;;;/m0.../s1. The number of hydrogen-bond donors (Lipinski definition) is 1. The van der Waals surface area contributed by atoms with Crippen LogP contribution in [-0.2, 0) is 11.2 Å². The number of carbonyl (C=O) groups excluding carboxylic acids is 1. The van der Waals surface area contributed by atoms with E-state index in [4.69, 9.17) is 17.0 Å². The zero-order valence-corrected chi connectivity index (χ0v) is 21.5. The van der Waals surface area contributed by atoms with Gasteiger partial charge in [0.15, 0.2) is 0 Å². The molecular weight excluding hydrogens is 445 g/mol. The van der Waals surface area contributed by atoms with Gasteiger partial charge in [-0.3, -0.25) is 0 Å². The van der Waals surface area contributed by atoms with E-state index in [2.05, 4.69) is 26.2 Å². The Morgan fingerprint density at radius 3 is 2.12 bits per heavy atom.